The molecule has 0 fully saturated rings. The van der Waals surface area contributed by atoms with Crippen molar-refractivity contribution >= 4 is 11.6 Å². The molecule has 0 bridgehead atoms. The number of nitrogens with one attached hydrogen (secondary N) is 2. The Bertz CT molecular complexity index is 635. The lowest BCUT2D eigenvalue weighted by Crippen LogP contribution is -2.24. The molecule has 0 heterocycles. The smallest absolute Gasteiger partial charge is 0.253 e. The van der Waals surface area contributed by atoms with E-state index >= 15 is 0 Å². The van der Waals surface area contributed by atoms with Crippen molar-refractivity contribution in [2.45, 2.75) is 27.3 Å². The number of carbonyl (C=O) groups is 1. The Morgan fingerprint density at radius 3 is 2.57 bits per heavy atom. The van der Waals surface area contributed by atoms with Gasteiger partial charge in [-0.3, -0.25) is 4.79 Å². The van der Waals surface area contributed by atoms with E-state index in [0.717, 1.165) is 23.4 Å². The molecule has 0 aliphatic heterocycles. The molecule has 0 spiro atoms. The first-order valence-corrected chi connectivity index (χ1v) is 7.29. The molecule has 0 atom stereocenters. The van der Waals surface area contributed by atoms with Gasteiger partial charge in [0.25, 0.3) is 5.91 Å². The zero-order chi connectivity index (χ0) is 15.2. The standard InChI is InChI=1S/C18H22N2O/c1-4-19-17-11-13(2)9-10-16(17)18(21)20-12-15-8-6-5-7-14(15)3/h5-11,19H,4,12H2,1-3H3,(H,20,21). The Labute approximate surface area is 126 Å². The first-order valence-electron chi connectivity index (χ1n) is 7.29. The lowest BCUT2D eigenvalue weighted by molar-refractivity contribution is 0.0951. The molecule has 2 aromatic carbocycles. The number of aryl methyl sites for hydroxylation is 2. The van der Waals surface area contributed by atoms with Gasteiger partial charge in [-0.05, 0) is 49.6 Å². The van der Waals surface area contributed by atoms with E-state index < -0.39 is 0 Å². The summed E-state index contributed by atoms with van der Waals surface area (Å²) < 4.78 is 0. The van der Waals surface area contributed by atoms with E-state index in [-0.39, 0.29) is 5.91 Å². The second kappa shape index (κ2) is 6.93. The quantitative estimate of drug-likeness (QED) is 0.878. The van der Waals surface area contributed by atoms with Crippen LogP contribution in [0.5, 0.6) is 0 Å². The average Bonchev–Trinajstić information content (AvgIpc) is 2.46. The van der Waals surface area contributed by atoms with E-state index in [1.165, 1.54) is 5.56 Å². The summed E-state index contributed by atoms with van der Waals surface area (Å²) in [6.45, 7) is 7.44. The molecule has 21 heavy (non-hydrogen) atoms. The molecule has 0 radical (unpaired) electrons. The number of hydrogen-bond acceptors (Lipinski definition) is 2. The van der Waals surface area contributed by atoms with Gasteiger partial charge in [-0.1, -0.05) is 30.3 Å². The third kappa shape index (κ3) is 3.85. The van der Waals surface area contributed by atoms with Gasteiger partial charge in [0.05, 0.1) is 5.56 Å². The molecule has 0 saturated carbocycles. The van der Waals surface area contributed by atoms with Gasteiger partial charge in [-0.2, -0.15) is 0 Å². The second-order valence-electron chi connectivity index (χ2n) is 5.19. The van der Waals surface area contributed by atoms with Crippen LogP contribution in [-0.2, 0) is 6.54 Å². The van der Waals surface area contributed by atoms with Crippen molar-refractivity contribution in [1.82, 2.24) is 5.32 Å². The summed E-state index contributed by atoms with van der Waals surface area (Å²) >= 11 is 0. The molecule has 110 valence electrons. The summed E-state index contributed by atoms with van der Waals surface area (Å²) in [6.07, 6.45) is 0. The van der Waals surface area contributed by atoms with Crippen molar-refractivity contribution in [2.75, 3.05) is 11.9 Å². The number of rotatable bonds is 5. The van der Waals surface area contributed by atoms with Gasteiger partial charge in [-0.15, -0.1) is 0 Å². The molecular weight excluding hydrogens is 260 g/mol. The predicted octanol–water partition coefficient (Wildman–Crippen LogP) is 3.67. The van der Waals surface area contributed by atoms with Crippen molar-refractivity contribution in [3.8, 4) is 0 Å². The van der Waals surface area contributed by atoms with Crippen LogP contribution in [0.15, 0.2) is 42.5 Å². The van der Waals surface area contributed by atoms with E-state index in [1.54, 1.807) is 0 Å². The van der Waals surface area contributed by atoms with E-state index in [9.17, 15) is 4.79 Å². The zero-order valence-electron chi connectivity index (χ0n) is 12.9. The SMILES string of the molecule is CCNc1cc(C)ccc1C(=O)NCc1ccccc1C. The van der Waals surface area contributed by atoms with Gasteiger partial charge < -0.3 is 10.6 Å². The Balaban J connectivity index is 2.12. The highest BCUT2D eigenvalue weighted by molar-refractivity contribution is 5.99. The van der Waals surface area contributed by atoms with Gasteiger partial charge in [-0.25, -0.2) is 0 Å². The maximum absolute atomic E-state index is 12.4. The number of carbonyl (C=O) groups excluding carboxylic acids is 1. The molecule has 3 nitrogen and oxygen atoms in total. The van der Waals surface area contributed by atoms with Crippen molar-refractivity contribution in [3.05, 3.63) is 64.7 Å². The summed E-state index contributed by atoms with van der Waals surface area (Å²) in [5.41, 5.74) is 5.05. The molecular formula is C18H22N2O. The topological polar surface area (TPSA) is 41.1 Å². The van der Waals surface area contributed by atoms with Crippen LogP contribution < -0.4 is 10.6 Å². The predicted molar refractivity (Wildman–Crippen MR) is 87.7 cm³/mol. The Kier molecular flexibility index (Phi) is 4.99. The highest BCUT2D eigenvalue weighted by Gasteiger charge is 2.11. The van der Waals surface area contributed by atoms with E-state index in [0.29, 0.717) is 12.1 Å². The Hall–Kier alpha value is -2.29. The normalized spacial score (nSPS) is 10.2. The van der Waals surface area contributed by atoms with E-state index in [4.69, 9.17) is 0 Å². The minimum absolute atomic E-state index is 0.0470. The maximum atomic E-state index is 12.4. The van der Waals surface area contributed by atoms with Crippen molar-refractivity contribution < 1.29 is 4.79 Å². The highest BCUT2D eigenvalue weighted by atomic mass is 16.1. The molecule has 0 aromatic heterocycles. The van der Waals surface area contributed by atoms with Crippen LogP contribution in [0, 0.1) is 13.8 Å². The number of hydrogen-bond donors (Lipinski definition) is 2. The summed E-state index contributed by atoms with van der Waals surface area (Å²) in [7, 11) is 0. The van der Waals surface area contributed by atoms with Crippen LogP contribution in [0.4, 0.5) is 5.69 Å². The Morgan fingerprint density at radius 2 is 1.86 bits per heavy atom. The third-order valence-electron chi connectivity index (χ3n) is 3.49. The molecule has 2 N–H and O–H groups in total. The first kappa shape index (κ1) is 15.1. The Morgan fingerprint density at radius 1 is 1.10 bits per heavy atom. The van der Waals surface area contributed by atoms with E-state index in [2.05, 4.69) is 23.6 Å². The maximum Gasteiger partial charge on any atom is 0.253 e. The van der Waals surface area contributed by atoms with Crippen LogP contribution in [0.2, 0.25) is 0 Å². The van der Waals surface area contributed by atoms with Crippen LogP contribution in [0.3, 0.4) is 0 Å². The first-order chi connectivity index (χ1) is 10.1. The van der Waals surface area contributed by atoms with E-state index in [1.807, 2.05) is 50.2 Å². The zero-order valence-corrected chi connectivity index (χ0v) is 12.9. The average molecular weight is 282 g/mol. The van der Waals surface area contributed by atoms with Crippen LogP contribution >= 0.6 is 0 Å². The summed E-state index contributed by atoms with van der Waals surface area (Å²) in [6, 6.07) is 13.9. The fraction of sp³-hybridized carbons (Fsp3) is 0.278. The lowest BCUT2D eigenvalue weighted by atomic mass is 10.1. The van der Waals surface area contributed by atoms with Gasteiger partial charge in [0, 0.05) is 18.8 Å². The summed E-state index contributed by atoms with van der Waals surface area (Å²) in [5, 5.41) is 6.24. The van der Waals surface area contributed by atoms with Crippen molar-refractivity contribution in [3.63, 3.8) is 0 Å². The van der Waals surface area contributed by atoms with Crippen LogP contribution in [0.1, 0.15) is 34.0 Å². The summed E-state index contributed by atoms with van der Waals surface area (Å²) in [5.74, 6) is -0.0470. The van der Waals surface area contributed by atoms with Gasteiger partial charge in [0.1, 0.15) is 0 Å². The largest absolute Gasteiger partial charge is 0.385 e. The lowest BCUT2D eigenvalue weighted by Gasteiger charge is -2.13. The third-order valence-corrected chi connectivity index (χ3v) is 3.49. The van der Waals surface area contributed by atoms with Crippen molar-refractivity contribution in [1.29, 1.82) is 0 Å². The molecule has 1 amide bonds. The van der Waals surface area contributed by atoms with Crippen LogP contribution in [0.25, 0.3) is 0 Å². The highest BCUT2D eigenvalue weighted by Crippen LogP contribution is 2.17. The molecule has 0 unspecified atom stereocenters. The van der Waals surface area contributed by atoms with Gasteiger partial charge in [0.15, 0.2) is 0 Å². The second-order valence-corrected chi connectivity index (χ2v) is 5.19. The van der Waals surface area contributed by atoms with Crippen molar-refractivity contribution in [2.24, 2.45) is 0 Å². The minimum atomic E-state index is -0.0470. The monoisotopic (exact) mass is 282 g/mol. The van der Waals surface area contributed by atoms with Gasteiger partial charge in [0.2, 0.25) is 0 Å². The number of amides is 1. The summed E-state index contributed by atoms with van der Waals surface area (Å²) in [4.78, 5) is 12.4. The molecule has 2 rings (SSSR count). The molecule has 0 saturated heterocycles. The molecule has 0 aliphatic carbocycles. The minimum Gasteiger partial charge on any atom is -0.385 e. The number of benzene rings is 2. The fourth-order valence-corrected chi connectivity index (χ4v) is 2.27. The molecule has 0 aliphatic rings. The fourth-order valence-electron chi connectivity index (χ4n) is 2.27. The van der Waals surface area contributed by atoms with Crippen LogP contribution in [-0.4, -0.2) is 12.5 Å². The van der Waals surface area contributed by atoms with Gasteiger partial charge >= 0.3 is 0 Å². The number of anilines is 1. The molecule has 2 aromatic rings. The molecule has 3 heteroatoms.